The number of aromatic nitrogens is 1. The Labute approximate surface area is 242 Å². The van der Waals surface area contributed by atoms with E-state index >= 15 is 8.78 Å². The van der Waals surface area contributed by atoms with Crippen molar-refractivity contribution in [2.24, 2.45) is 0 Å². The Morgan fingerprint density at radius 3 is 2.62 bits per heavy atom. The Bertz CT molecular complexity index is 1580. The van der Waals surface area contributed by atoms with Crippen molar-refractivity contribution in [1.82, 2.24) is 14.8 Å². The van der Waals surface area contributed by atoms with Gasteiger partial charge < -0.3 is 25.5 Å². The number of benzene rings is 2. The summed E-state index contributed by atoms with van der Waals surface area (Å²) in [5.74, 6) is -3.29. The molecule has 3 heterocycles. The van der Waals surface area contributed by atoms with Gasteiger partial charge in [-0.05, 0) is 51.0 Å². The molecule has 0 saturated carbocycles. The minimum atomic E-state index is -1.09. The van der Waals surface area contributed by atoms with E-state index in [9.17, 15) is 19.7 Å². The second kappa shape index (κ2) is 11.5. The fraction of sp³-hybridized carbons (Fsp3) is 0.323. The number of amidine groups is 1. The Hall–Kier alpha value is -4.38. The lowest BCUT2D eigenvalue weighted by Crippen LogP contribution is -2.61. The van der Waals surface area contributed by atoms with Crippen molar-refractivity contribution in [2.75, 3.05) is 30.3 Å². The summed E-state index contributed by atoms with van der Waals surface area (Å²) in [6, 6.07) is 6.41. The lowest BCUT2D eigenvalue weighted by molar-refractivity contribution is -0.131. The lowest BCUT2D eigenvalue weighted by Gasteiger charge is -2.47. The van der Waals surface area contributed by atoms with E-state index in [0.29, 0.717) is 24.2 Å². The number of nitrogens with one attached hydrogen (secondary N) is 3. The summed E-state index contributed by atoms with van der Waals surface area (Å²) in [6.45, 7) is 9.50. The molecule has 5 rings (SSSR count). The Morgan fingerprint density at radius 2 is 1.93 bits per heavy atom. The molecule has 1 aromatic heterocycles. The number of anilines is 3. The monoisotopic (exact) mass is 578 g/mol. The van der Waals surface area contributed by atoms with Crippen LogP contribution in [0.3, 0.4) is 0 Å². The molecule has 3 aromatic rings. The molecule has 2 aliphatic rings. The number of aliphatic hydroxyl groups excluding tert-OH is 1. The van der Waals surface area contributed by atoms with Crippen LogP contribution in [0.15, 0.2) is 49.2 Å². The van der Waals surface area contributed by atoms with Gasteiger partial charge in [-0.1, -0.05) is 24.8 Å². The maximum Gasteiger partial charge on any atom is 0.246 e. The zero-order valence-electron chi connectivity index (χ0n) is 23.6. The van der Waals surface area contributed by atoms with Crippen LogP contribution in [-0.4, -0.2) is 63.4 Å². The molecule has 0 aliphatic carbocycles. The van der Waals surface area contributed by atoms with Crippen LogP contribution in [0.1, 0.15) is 43.2 Å². The molecule has 42 heavy (non-hydrogen) atoms. The van der Waals surface area contributed by atoms with Crippen molar-refractivity contribution < 1.29 is 23.1 Å². The van der Waals surface area contributed by atoms with E-state index in [1.807, 2.05) is 6.92 Å². The quantitative estimate of drug-likeness (QED) is 0.298. The first-order valence-electron chi connectivity index (χ1n) is 13.8. The van der Waals surface area contributed by atoms with Crippen LogP contribution in [0.4, 0.5) is 30.2 Å². The number of carbonyl (C=O) groups is 1. The number of carbonyl (C=O) groups excluding carboxylic acids is 1. The van der Waals surface area contributed by atoms with E-state index in [4.69, 9.17) is 0 Å². The zero-order valence-corrected chi connectivity index (χ0v) is 23.6. The number of hydrogen-bond donors (Lipinski definition) is 4. The highest BCUT2D eigenvalue weighted by Gasteiger charge is 2.39. The number of halogens is 3. The molecule has 1 amide bonds. The maximum atomic E-state index is 16.7. The van der Waals surface area contributed by atoms with Gasteiger partial charge in [0.05, 0.1) is 40.0 Å². The average molecular weight is 579 g/mol. The zero-order chi connectivity index (χ0) is 30.3. The molecule has 11 heteroatoms. The first-order chi connectivity index (χ1) is 20.0. The van der Waals surface area contributed by atoms with Gasteiger partial charge in [-0.2, -0.15) is 0 Å². The number of piperazine rings is 1. The first-order valence-corrected chi connectivity index (χ1v) is 13.8. The molecular weight excluding hydrogens is 545 g/mol. The number of pyridine rings is 1. The third-order valence-electron chi connectivity index (χ3n) is 7.96. The Balaban J connectivity index is 1.74. The smallest absolute Gasteiger partial charge is 0.246 e. The summed E-state index contributed by atoms with van der Waals surface area (Å²) >= 11 is 0. The molecule has 1 fully saturated rings. The Morgan fingerprint density at radius 1 is 1.19 bits per heavy atom. The van der Waals surface area contributed by atoms with Gasteiger partial charge in [-0.15, -0.1) is 0 Å². The fourth-order valence-electron chi connectivity index (χ4n) is 5.79. The van der Waals surface area contributed by atoms with Crippen molar-refractivity contribution in [3.63, 3.8) is 0 Å². The van der Waals surface area contributed by atoms with Gasteiger partial charge in [0.15, 0.2) is 11.6 Å². The van der Waals surface area contributed by atoms with Gasteiger partial charge in [0.25, 0.3) is 0 Å². The van der Waals surface area contributed by atoms with Crippen LogP contribution in [0.25, 0.3) is 11.1 Å². The minimum Gasteiger partial charge on any atom is -0.387 e. The van der Waals surface area contributed by atoms with Crippen molar-refractivity contribution in [1.29, 1.82) is 5.41 Å². The highest BCUT2D eigenvalue weighted by molar-refractivity contribution is 6.09. The molecule has 0 bridgehead atoms. The number of aryl methyl sites for hydroxylation is 1. The van der Waals surface area contributed by atoms with Crippen LogP contribution in [0, 0.1) is 29.8 Å². The number of rotatable bonds is 5. The number of aliphatic hydroxyl groups is 1. The molecule has 3 atom stereocenters. The van der Waals surface area contributed by atoms with Crippen molar-refractivity contribution in [2.45, 2.75) is 45.4 Å². The molecule has 3 unspecified atom stereocenters. The van der Waals surface area contributed by atoms with Gasteiger partial charge in [-0.25, -0.2) is 13.2 Å². The van der Waals surface area contributed by atoms with E-state index in [1.54, 1.807) is 22.8 Å². The molecule has 2 aromatic carbocycles. The van der Waals surface area contributed by atoms with Crippen molar-refractivity contribution >= 4 is 28.8 Å². The third kappa shape index (κ3) is 4.98. The summed E-state index contributed by atoms with van der Waals surface area (Å²) in [7, 11) is 0. The molecule has 4 N–H and O–H groups in total. The second-order valence-corrected chi connectivity index (χ2v) is 10.7. The topological polar surface area (TPSA) is 105 Å². The summed E-state index contributed by atoms with van der Waals surface area (Å²) in [4.78, 5) is 20.2. The lowest BCUT2D eigenvalue weighted by atomic mass is 9.93. The predicted octanol–water partition coefficient (Wildman–Crippen LogP) is 5.50. The number of amides is 1. The van der Waals surface area contributed by atoms with Crippen molar-refractivity contribution in [3.8, 4) is 11.1 Å². The molecular formula is C31H33F3N6O2. The van der Waals surface area contributed by atoms with Crippen LogP contribution >= 0.6 is 0 Å². The highest BCUT2D eigenvalue weighted by atomic mass is 19.1. The van der Waals surface area contributed by atoms with Crippen LogP contribution in [0.2, 0.25) is 0 Å². The molecule has 2 aliphatic heterocycles. The third-order valence-corrected chi connectivity index (χ3v) is 7.96. The van der Waals surface area contributed by atoms with Gasteiger partial charge in [0.1, 0.15) is 11.7 Å². The van der Waals surface area contributed by atoms with E-state index in [0.717, 1.165) is 6.07 Å². The second-order valence-electron chi connectivity index (χ2n) is 10.7. The number of hydrogen-bond acceptors (Lipinski definition) is 6. The molecule has 0 spiro atoms. The summed E-state index contributed by atoms with van der Waals surface area (Å²) in [5, 5.41) is 25.8. The SMILES string of the molecule is C=CC(=O)N1CC2CCNc3c(F)c(-c4ccccc4F)c(F)c(Nc4c(C)ccnc4C(C)O)c3C(=N)N2CC1C. The van der Waals surface area contributed by atoms with Crippen LogP contribution in [-0.2, 0) is 4.79 Å². The summed E-state index contributed by atoms with van der Waals surface area (Å²) < 4.78 is 48.0. The molecule has 220 valence electrons. The highest BCUT2D eigenvalue weighted by Crippen LogP contribution is 2.44. The van der Waals surface area contributed by atoms with E-state index in [1.165, 1.54) is 37.4 Å². The van der Waals surface area contributed by atoms with E-state index in [2.05, 4.69) is 22.2 Å². The van der Waals surface area contributed by atoms with Gasteiger partial charge in [0.2, 0.25) is 5.91 Å². The summed E-state index contributed by atoms with van der Waals surface area (Å²) in [5.41, 5.74) is -0.174. The minimum absolute atomic E-state index is 0.0784. The maximum absolute atomic E-state index is 16.7. The molecule has 1 saturated heterocycles. The number of nitrogens with zero attached hydrogens (tertiary/aromatic N) is 3. The van der Waals surface area contributed by atoms with Gasteiger partial charge >= 0.3 is 0 Å². The molecule has 0 radical (unpaired) electrons. The average Bonchev–Trinajstić information content (AvgIpc) is 2.96. The van der Waals surface area contributed by atoms with E-state index < -0.39 is 29.1 Å². The molecule has 8 nitrogen and oxygen atoms in total. The fourth-order valence-corrected chi connectivity index (χ4v) is 5.79. The van der Waals surface area contributed by atoms with Crippen molar-refractivity contribution in [3.05, 3.63) is 83.5 Å². The first kappa shape index (κ1) is 29.1. The van der Waals surface area contributed by atoms with Crippen LogP contribution < -0.4 is 10.6 Å². The Kier molecular flexibility index (Phi) is 7.96. The summed E-state index contributed by atoms with van der Waals surface area (Å²) in [6.07, 6.45) is 2.19. The van der Waals surface area contributed by atoms with Gasteiger partial charge in [0, 0.05) is 43.5 Å². The standard InChI is InChI=1S/C31H33F3N6O2/c1-5-22(42)39-15-19-11-13-37-29-24(31(35)40(19)14-17(39)3)30(38-27-16(2)10-12-36-28(27)18(4)41)26(34)23(25(29)33)20-8-6-7-9-21(20)32/h5-10,12,17-19,35,37-38,41H,1,11,13-15H2,2-4H3. The normalized spacial score (nSPS) is 19.2. The predicted molar refractivity (Wildman–Crippen MR) is 156 cm³/mol. The van der Waals surface area contributed by atoms with Gasteiger partial charge in [-0.3, -0.25) is 15.2 Å². The van der Waals surface area contributed by atoms with E-state index in [-0.39, 0.29) is 65.1 Å². The van der Waals surface area contributed by atoms with Crippen LogP contribution in [0.5, 0.6) is 0 Å². The largest absolute Gasteiger partial charge is 0.387 e. The number of fused-ring (bicyclic) bond motifs is 2.